The van der Waals surface area contributed by atoms with Crippen molar-refractivity contribution in [3.05, 3.63) is 0 Å². The first-order chi connectivity index (χ1) is 6.93. The Hall–Kier alpha value is -1.06. The van der Waals surface area contributed by atoms with E-state index in [4.69, 9.17) is 10.2 Å². The van der Waals surface area contributed by atoms with Crippen molar-refractivity contribution >= 4 is 12.3 Å². The van der Waals surface area contributed by atoms with Crippen LogP contribution in [0.1, 0.15) is 6.92 Å². The number of rotatable bonds is 6. The second-order valence-electron chi connectivity index (χ2n) is 2.94. The Morgan fingerprint density at radius 3 is 2.12 bits per heavy atom. The minimum absolute atomic E-state index is 0. The summed E-state index contributed by atoms with van der Waals surface area (Å²) in [5.74, 6) is -0.808. The molecule has 0 radical (unpaired) electrons. The van der Waals surface area contributed by atoms with Crippen molar-refractivity contribution in [3.63, 3.8) is 0 Å². The lowest BCUT2D eigenvalue weighted by atomic mass is 10.0. The maximum atomic E-state index is 10.5. The zero-order chi connectivity index (χ0) is 12.0. The van der Waals surface area contributed by atoms with Gasteiger partial charge in [-0.2, -0.15) is 0 Å². The van der Waals surface area contributed by atoms with Gasteiger partial charge in [-0.15, -0.1) is 0 Å². The fourth-order valence-corrected chi connectivity index (χ4v) is 0.900. The number of aldehydes is 1. The third-order valence-corrected chi connectivity index (χ3v) is 1.70. The summed E-state index contributed by atoms with van der Waals surface area (Å²) in [7, 11) is 0. The number of carbonyl (C=O) groups excluding carboxylic acids is 2. The third kappa shape index (κ3) is 5.14. The summed E-state index contributed by atoms with van der Waals surface area (Å²) >= 11 is 0. The quantitative estimate of drug-likeness (QED) is 0.248. The van der Waals surface area contributed by atoms with Crippen molar-refractivity contribution < 1.29 is 34.8 Å². The van der Waals surface area contributed by atoms with Gasteiger partial charge in [0.1, 0.15) is 18.3 Å². The number of esters is 1. The lowest BCUT2D eigenvalue weighted by molar-refractivity contribution is -0.166. The molecule has 7 N–H and O–H groups in total. The number of hydrogen-bond donors (Lipinski definition) is 5. The van der Waals surface area contributed by atoms with Crippen LogP contribution in [0, 0.1) is 0 Å². The maximum absolute atomic E-state index is 10.5. The van der Waals surface area contributed by atoms with E-state index in [9.17, 15) is 19.8 Å². The molecule has 4 atom stereocenters. The molecule has 0 aromatic rings. The Labute approximate surface area is 92.0 Å². The topological polar surface area (TPSA) is 159 Å². The highest BCUT2D eigenvalue weighted by molar-refractivity contribution is 5.70. The van der Waals surface area contributed by atoms with Gasteiger partial charge in [0.15, 0.2) is 12.4 Å². The molecule has 0 heterocycles. The van der Waals surface area contributed by atoms with E-state index in [2.05, 4.69) is 4.74 Å². The zero-order valence-corrected chi connectivity index (χ0v) is 8.81. The van der Waals surface area contributed by atoms with Gasteiger partial charge in [0.2, 0.25) is 0 Å². The zero-order valence-electron chi connectivity index (χ0n) is 8.81. The number of ether oxygens (including phenoxy) is 1. The Morgan fingerprint density at radius 1 is 1.31 bits per heavy atom. The van der Waals surface area contributed by atoms with E-state index < -0.39 is 37.0 Å². The van der Waals surface area contributed by atoms with Crippen molar-refractivity contribution in [2.75, 3.05) is 6.61 Å². The average molecular weight is 239 g/mol. The molecule has 0 aromatic heterocycles. The maximum Gasteiger partial charge on any atom is 0.303 e. The highest BCUT2D eigenvalue weighted by atomic mass is 16.6. The summed E-state index contributed by atoms with van der Waals surface area (Å²) in [5.41, 5.74) is 0. The average Bonchev–Trinajstić information content (AvgIpc) is 2.22. The van der Waals surface area contributed by atoms with Crippen molar-refractivity contribution in [2.24, 2.45) is 0 Å². The van der Waals surface area contributed by atoms with E-state index in [0.29, 0.717) is 0 Å². The molecule has 0 saturated carbocycles. The standard InChI is InChI=1S/C8H14O7.H3N/c1-4(11)15-6(3-10)8(14)7(13)5(12)2-9;/h3,5-9,12-14H,2H2,1H3;1H3. The molecule has 0 aliphatic heterocycles. The number of hydrogen-bond acceptors (Lipinski definition) is 8. The first-order valence-electron chi connectivity index (χ1n) is 4.21. The van der Waals surface area contributed by atoms with Gasteiger partial charge >= 0.3 is 5.97 Å². The van der Waals surface area contributed by atoms with E-state index in [1.807, 2.05) is 0 Å². The normalized spacial score (nSPS) is 17.6. The first-order valence-corrected chi connectivity index (χ1v) is 4.21. The SMILES string of the molecule is CC(=O)OC(C=O)C(O)C(O)C(O)CO.N. The fraction of sp³-hybridized carbons (Fsp3) is 0.750. The molecule has 0 aliphatic carbocycles. The van der Waals surface area contributed by atoms with Crippen LogP contribution in [0.3, 0.4) is 0 Å². The van der Waals surface area contributed by atoms with E-state index in [-0.39, 0.29) is 12.4 Å². The third-order valence-electron chi connectivity index (χ3n) is 1.70. The van der Waals surface area contributed by atoms with Gasteiger partial charge in [-0.05, 0) is 0 Å². The summed E-state index contributed by atoms with van der Waals surface area (Å²) < 4.78 is 4.37. The van der Waals surface area contributed by atoms with Gasteiger partial charge in [-0.1, -0.05) is 0 Å². The van der Waals surface area contributed by atoms with Crippen LogP contribution in [-0.4, -0.2) is 63.7 Å². The summed E-state index contributed by atoms with van der Waals surface area (Å²) in [6.07, 6.45) is -6.62. The van der Waals surface area contributed by atoms with Crippen LogP contribution in [0.15, 0.2) is 0 Å². The minimum Gasteiger partial charge on any atom is -0.452 e. The Balaban J connectivity index is 0. The summed E-state index contributed by atoms with van der Waals surface area (Å²) in [5, 5.41) is 35.9. The molecule has 0 rings (SSSR count). The minimum atomic E-state index is -1.78. The van der Waals surface area contributed by atoms with Crippen LogP contribution in [0.25, 0.3) is 0 Å². The Morgan fingerprint density at radius 2 is 1.81 bits per heavy atom. The van der Waals surface area contributed by atoms with Gasteiger partial charge in [0.05, 0.1) is 6.61 Å². The van der Waals surface area contributed by atoms with Crippen molar-refractivity contribution in [2.45, 2.75) is 31.3 Å². The lowest BCUT2D eigenvalue weighted by Gasteiger charge is -2.24. The molecule has 8 nitrogen and oxygen atoms in total. The predicted octanol–water partition coefficient (Wildman–Crippen LogP) is -2.65. The highest BCUT2D eigenvalue weighted by Gasteiger charge is 2.32. The highest BCUT2D eigenvalue weighted by Crippen LogP contribution is 2.06. The summed E-state index contributed by atoms with van der Waals surface area (Å²) in [6.45, 7) is 0.238. The molecule has 16 heavy (non-hydrogen) atoms. The van der Waals surface area contributed by atoms with Crippen LogP contribution >= 0.6 is 0 Å². The monoisotopic (exact) mass is 239 g/mol. The fourth-order valence-electron chi connectivity index (χ4n) is 0.900. The van der Waals surface area contributed by atoms with Crippen LogP contribution in [-0.2, 0) is 14.3 Å². The molecule has 8 heteroatoms. The Kier molecular flexibility index (Phi) is 8.81. The molecule has 96 valence electrons. The number of aliphatic hydroxyl groups excluding tert-OH is 4. The molecule has 0 saturated heterocycles. The van der Waals surface area contributed by atoms with Crippen LogP contribution in [0.5, 0.6) is 0 Å². The molecular formula is C8H17NO7. The first kappa shape index (κ1) is 17.3. The number of aliphatic hydroxyl groups is 4. The molecule has 0 fully saturated rings. The van der Waals surface area contributed by atoms with Gasteiger partial charge in [-0.25, -0.2) is 0 Å². The van der Waals surface area contributed by atoms with Crippen molar-refractivity contribution in [3.8, 4) is 0 Å². The van der Waals surface area contributed by atoms with Gasteiger partial charge in [0.25, 0.3) is 0 Å². The largest absolute Gasteiger partial charge is 0.452 e. The smallest absolute Gasteiger partial charge is 0.303 e. The second kappa shape index (κ2) is 8.13. The van der Waals surface area contributed by atoms with Crippen LogP contribution < -0.4 is 6.15 Å². The summed E-state index contributed by atoms with van der Waals surface area (Å²) in [4.78, 5) is 20.9. The molecule has 0 bridgehead atoms. The molecule has 0 aliphatic rings. The van der Waals surface area contributed by atoms with Crippen LogP contribution in [0.4, 0.5) is 0 Å². The van der Waals surface area contributed by atoms with E-state index in [1.54, 1.807) is 0 Å². The van der Waals surface area contributed by atoms with Gasteiger partial charge < -0.3 is 31.3 Å². The van der Waals surface area contributed by atoms with Crippen molar-refractivity contribution in [1.29, 1.82) is 0 Å². The lowest BCUT2D eigenvalue weighted by Crippen LogP contribution is -2.47. The second-order valence-corrected chi connectivity index (χ2v) is 2.94. The Bertz CT molecular complexity index is 222. The number of carbonyl (C=O) groups is 2. The summed E-state index contributed by atoms with van der Waals surface area (Å²) in [6, 6.07) is 0. The molecule has 0 amide bonds. The molecule has 0 aromatic carbocycles. The molecule has 4 unspecified atom stereocenters. The van der Waals surface area contributed by atoms with Crippen LogP contribution in [0.2, 0.25) is 0 Å². The molecule has 0 spiro atoms. The van der Waals surface area contributed by atoms with E-state index in [1.165, 1.54) is 0 Å². The molecular weight excluding hydrogens is 222 g/mol. The van der Waals surface area contributed by atoms with Crippen molar-refractivity contribution in [1.82, 2.24) is 6.15 Å². The van der Waals surface area contributed by atoms with Gasteiger partial charge in [0, 0.05) is 6.92 Å². The van der Waals surface area contributed by atoms with Gasteiger partial charge in [-0.3, -0.25) is 9.59 Å². The predicted molar refractivity (Wildman–Crippen MR) is 51.7 cm³/mol. The van der Waals surface area contributed by atoms with E-state index >= 15 is 0 Å². The van der Waals surface area contributed by atoms with E-state index in [0.717, 1.165) is 6.92 Å².